The summed E-state index contributed by atoms with van der Waals surface area (Å²) in [5, 5.41) is 15.2. The van der Waals surface area contributed by atoms with Crippen LogP contribution in [0.2, 0.25) is 10.0 Å². The lowest BCUT2D eigenvalue weighted by atomic mass is 10.2. The van der Waals surface area contributed by atoms with E-state index in [9.17, 15) is 0 Å². The van der Waals surface area contributed by atoms with Crippen LogP contribution in [0.5, 0.6) is 0 Å². The molecule has 0 saturated carbocycles. The van der Waals surface area contributed by atoms with E-state index in [0.29, 0.717) is 15.6 Å². The van der Waals surface area contributed by atoms with Crippen molar-refractivity contribution in [3.8, 4) is 0 Å². The minimum absolute atomic E-state index is 0.0295. The monoisotopic (exact) mass is 298 g/mol. The zero-order chi connectivity index (χ0) is 13.8. The Hall–Kier alpha value is -2.12. The van der Waals surface area contributed by atoms with Crippen LogP contribution in [0.15, 0.2) is 33.0 Å². The van der Waals surface area contributed by atoms with Gasteiger partial charge in [-0.3, -0.25) is 0 Å². The maximum atomic E-state index is 5.96. The first-order chi connectivity index (χ1) is 9.09. The van der Waals surface area contributed by atoms with Gasteiger partial charge in [0.25, 0.3) is 0 Å². The number of aromatic nitrogens is 2. The first-order valence-electron chi connectivity index (χ1n) is 4.98. The van der Waals surface area contributed by atoms with E-state index in [0.717, 1.165) is 0 Å². The molecule has 4 N–H and O–H groups in total. The van der Waals surface area contributed by atoms with E-state index >= 15 is 0 Å². The second kappa shape index (κ2) is 5.68. The molecule has 0 saturated heterocycles. The van der Waals surface area contributed by atoms with Crippen LogP contribution in [-0.4, -0.2) is 22.4 Å². The molecule has 1 heterocycles. The first-order valence-corrected chi connectivity index (χ1v) is 5.74. The summed E-state index contributed by atoms with van der Waals surface area (Å²) in [6, 6.07) is 5.09. The van der Waals surface area contributed by atoms with Crippen molar-refractivity contribution in [2.24, 2.45) is 15.9 Å². The molecular formula is C10H8Cl2N6O. The Bertz CT molecular complexity index is 631. The molecule has 98 valence electrons. The molecular weight excluding hydrogens is 291 g/mol. The highest BCUT2D eigenvalue weighted by atomic mass is 35.5. The summed E-state index contributed by atoms with van der Waals surface area (Å²) in [6.07, 6.45) is 1.38. The summed E-state index contributed by atoms with van der Waals surface area (Å²) >= 11 is 11.9. The Labute approximate surface area is 117 Å². The maximum absolute atomic E-state index is 5.96. The number of benzene rings is 1. The van der Waals surface area contributed by atoms with E-state index in [1.54, 1.807) is 18.2 Å². The molecule has 2 aromatic rings. The molecule has 0 radical (unpaired) electrons. The van der Waals surface area contributed by atoms with Crippen molar-refractivity contribution < 1.29 is 4.63 Å². The van der Waals surface area contributed by atoms with Gasteiger partial charge in [-0.2, -0.15) is 5.10 Å². The largest absolute Gasteiger partial charge is 0.380 e. The van der Waals surface area contributed by atoms with E-state index < -0.39 is 0 Å². The van der Waals surface area contributed by atoms with Gasteiger partial charge in [-0.25, -0.2) is 4.63 Å². The Kier molecular flexibility index (Phi) is 3.98. The molecule has 0 fully saturated rings. The molecule has 1 aromatic heterocycles. The molecule has 0 aliphatic rings. The lowest BCUT2D eigenvalue weighted by Gasteiger charge is -1.98. The smallest absolute Gasteiger partial charge is 0.199 e. The Morgan fingerprint density at radius 3 is 2.53 bits per heavy atom. The summed E-state index contributed by atoms with van der Waals surface area (Å²) in [5.74, 6) is 0.00500. The molecule has 2 rings (SSSR count). The average molecular weight is 299 g/mol. The number of nitrogens with two attached hydrogens (primary N) is 2. The van der Waals surface area contributed by atoms with Crippen molar-refractivity contribution in [2.75, 3.05) is 5.73 Å². The number of amidine groups is 1. The van der Waals surface area contributed by atoms with Crippen LogP contribution in [0.3, 0.4) is 0 Å². The van der Waals surface area contributed by atoms with Crippen LogP contribution in [0.1, 0.15) is 11.3 Å². The SMILES string of the molecule is NC(=N/N=C/c1c(Cl)cccc1Cl)c1nonc1N. The topological polar surface area (TPSA) is 116 Å². The molecule has 1 aromatic carbocycles. The molecule has 0 spiro atoms. The van der Waals surface area contributed by atoms with Crippen molar-refractivity contribution in [3.63, 3.8) is 0 Å². The summed E-state index contributed by atoms with van der Waals surface area (Å²) in [7, 11) is 0. The van der Waals surface area contributed by atoms with E-state index in [4.69, 9.17) is 34.7 Å². The summed E-state index contributed by atoms with van der Waals surface area (Å²) in [4.78, 5) is 0. The Morgan fingerprint density at radius 1 is 1.26 bits per heavy atom. The van der Waals surface area contributed by atoms with Crippen LogP contribution in [0.25, 0.3) is 0 Å². The number of hydrogen-bond donors (Lipinski definition) is 2. The average Bonchev–Trinajstić information content (AvgIpc) is 2.79. The van der Waals surface area contributed by atoms with Crippen LogP contribution in [-0.2, 0) is 0 Å². The van der Waals surface area contributed by atoms with Crippen molar-refractivity contribution in [3.05, 3.63) is 39.5 Å². The van der Waals surface area contributed by atoms with E-state index in [1.807, 2.05) is 0 Å². The fourth-order valence-electron chi connectivity index (χ4n) is 1.20. The van der Waals surface area contributed by atoms with Gasteiger partial charge in [-0.15, -0.1) is 5.10 Å². The highest BCUT2D eigenvalue weighted by Crippen LogP contribution is 2.22. The number of rotatable bonds is 3. The quantitative estimate of drug-likeness (QED) is 0.508. The van der Waals surface area contributed by atoms with E-state index in [-0.39, 0.29) is 17.3 Å². The number of anilines is 1. The van der Waals surface area contributed by atoms with Crippen molar-refractivity contribution in [1.29, 1.82) is 0 Å². The standard InChI is InChI=1S/C10H8Cl2N6O/c11-6-2-1-3-7(12)5(6)4-15-16-9(13)8-10(14)18-19-17-8/h1-4H,(H2,13,16)(H2,14,18)/b15-4+. The minimum Gasteiger partial charge on any atom is -0.380 e. The van der Waals surface area contributed by atoms with Gasteiger partial charge in [-0.1, -0.05) is 29.3 Å². The van der Waals surface area contributed by atoms with Gasteiger partial charge in [0.15, 0.2) is 17.3 Å². The summed E-state index contributed by atoms with van der Waals surface area (Å²) in [5.41, 5.74) is 11.7. The summed E-state index contributed by atoms with van der Waals surface area (Å²) < 4.78 is 4.39. The van der Waals surface area contributed by atoms with Crippen LogP contribution in [0.4, 0.5) is 5.82 Å². The third-order valence-electron chi connectivity index (χ3n) is 2.11. The number of halogens is 2. The fraction of sp³-hybridized carbons (Fsp3) is 0. The van der Waals surface area contributed by atoms with Crippen LogP contribution < -0.4 is 11.5 Å². The van der Waals surface area contributed by atoms with Gasteiger partial charge in [-0.05, 0) is 22.4 Å². The normalized spacial score (nSPS) is 12.2. The van der Waals surface area contributed by atoms with Crippen LogP contribution in [0, 0.1) is 0 Å². The highest BCUT2D eigenvalue weighted by Gasteiger charge is 2.10. The predicted molar refractivity (Wildman–Crippen MR) is 73.5 cm³/mol. The van der Waals surface area contributed by atoms with Gasteiger partial charge < -0.3 is 11.5 Å². The lowest BCUT2D eigenvalue weighted by Crippen LogP contribution is -2.15. The second-order valence-electron chi connectivity index (χ2n) is 3.36. The molecule has 0 bridgehead atoms. The van der Waals surface area contributed by atoms with Crippen molar-refractivity contribution >= 4 is 41.1 Å². The fourth-order valence-corrected chi connectivity index (χ4v) is 1.70. The molecule has 0 aliphatic carbocycles. The molecule has 0 aliphatic heterocycles. The molecule has 0 amide bonds. The van der Waals surface area contributed by atoms with Crippen molar-refractivity contribution in [2.45, 2.75) is 0 Å². The third-order valence-corrected chi connectivity index (χ3v) is 2.77. The molecule has 19 heavy (non-hydrogen) atoms. The Morgan fingerprint density at radius 2 is 1.95 bits per heavy atom. The number of hydrogen-bond acceptors (Lipinski definition) is 6. The third kappa shape index (κ3) is 3.01. The van der Waals surface area contributed by atoms with Crippen LogP contribution >= 0.6 is 23.2 Å². The van der Waals surface area contributed by atoms with Gasteiger partial charge in [0.2, 0.25) is 0 Å². The zero-order valence-electron chi connectivity index (χ0n) is 9.42. The second-order valence-corrected chi connectivity index (χ2v) is 4.18. The predicted octanol–water partition coefficient (Wildman–Crippen LogP) is 1.70. The zero-order valence-corrected chi connectivity index (χ0v) is 10.9. The molecule has 7 nitrogen and oxygen atoms in total. The van der Waals surface area contributed by atoms with Gasteiger partial charge in [0.1, 0.15) is 0 Å². The highest BCUT2D eigenvalue weighted by molar-refractivity contribution is 6.38. The molecule has 0 atom stereocenters. The van der Waals surface area contributed by atoms with Gasteiger partial charge in [0.05, 0.1) is 16.3 Å². The number of nitrogens with zero attached hydrogens (tertiary/aromatic N) is 4. The van der Waals surface area contributed by atoms with Gasteiger partial charge >= 0.3 is 0 Å². The Balaban J connectivity index is 2.23. The van der Waals surface area contributed by atoms with Gasteiger partial charge in [0, 0.05) is 5.56 Å². The lowest BCUT2D eigenvalue weighted by molar-refractivity contribution is 0.308. The van der Waals surface area contributed by atoms with E-state index in [1.165, 1.54) is 6.21 Å². The molecule has 9 heteroatoms. The van der Waals surface area contributed by atoms with Crippen molar-refractivity contribution in [1.82, 2.24) is 10.3 Å². The maximum Gasteiger partial charge on any atom is 0.199 e. The van der Waals surface area contributed by atoms with E-state index in [2.05, 4.69) is 25.1 Å². The molecule has 0 unspecified atom stereocenters. The number of nitrogen functional groups attached to an aromatic ring is 1. The minimum atomic E-state index is -0.0295. The first kappa shape index (κ1) is 13.3. The summed E-state index contributed by atoms with van der Waals surface area (Å²) in [6.45, 7) is 0.